The molecule has 1 aromatic heterocycles. The van der Waals surface area contributed by atoms with Crippen LogP contribution in [-0.4, -0.2) is 23.0 Å². The summed E-state index contributed by atoms with van der Waals surface area (Å²) < 4.78 is 0. The van der Waals surface area contributed by atoms with Crippen LogP contribution in [0.3, 0.4) is 0 Å². The van der Waals surface area contributed by atoms with Gasteiger partial charge in [-0.3, -0.25) is 9.88 Å². The maximum absolute atomic E-state index is 4.07. The first-order chi connectivity index (χ1) is 6.92. The van der Waals surface area contributed by atoms with Gasteiger partial charge in [0.2, 0.25) is 0 Å². The summed E-state index contributed by atoms with van der Waals surface area (Å²) in [7, 11) is 0. The topological polar surface area (TPSA) is 16.1 Å². The van der Waals surface area contributed by atoms with E-state index >= 15 is 0 Å². The minimum atomic E-state index is 0.651. The van der Waals surface area contributed by atoms with E-state index in [0.29, 0.717) is 6.04 Å². The lowest BCUT2D eigenvalue weighted by Gasteiger charge is -2.23. The maximum atomic E-state index is 4.07. The minimum Gasteiger partial charge on any atom is -0.296 e. The summed E-state index contributed by atoms with van der Waals surface area (Å²) in [4.78, 5) is 6.66. The van der Waals surface area contributed by atoms with Gasteiger partial charge in [0.25, 0.3) is 0 Å². The largest absolute Gasteiger partial charge is 0.296 e. The number of nitrogens with zero attached hydrogens (tertiary/aromatic N) is 2. The van der Waals surface area contributed by atoms with Gasteiger partial charge in [-0.1, -0.05) is 6.92 Å². The van der Waals surface area contributed by atoms with Gasteiger partial charge in [-0.25, -0.2) is 0 Å². The van der Waals surface area contributed by atoms with Crippen molar-refractivity contribution in [2.75, 3.05) is 13.1 Å². The van der Waals surface area contributed by atoms with Crippen molar-refractivity contribution in [3.63, 3.8) is 0 Å². The molecule has 1 aliphatic rings. The normalized spacial score (nSPS) is 22.8. The summed E-state index contributed by atoms with van der Waals surface area (Å²) in [5.74, 6) is 0. The van der Waals surface area contributed by atoms with E-state index in [9.17, 15) is 0 Å². The Morgan fingerprint density at radius 2 is 2.21 bits per heavy atom. The highest BCUT2D eigenvalue weighted by Crippen LogP contribution is 2.31. The Labute approximate surface area is 86.0 Å². The molecular weight excluding hydrogens is 172 g/mol. The zero-order valence-electron chi connectivity index (χ0n) is 8.82. The molecule has 14 heavy (non-hydrogen) atoms. The van der Waals surface area contributed by atoms with E-state index < -0.39 is 0 Å². The van der Waals surface area contributed by atoms with E-state index in [0.717, 1.165) is 0 Å². The van der Waals surface area contributed by atoms with Crippen LogP contribution in [0.5, 0.6) is 0 Å². The number of aromatic nitrogens is 1. The van der Waals surface area contributed by atoms with Gasteiger partial charge in [-0.2, -0.15) is 0 Å². The van der Waals surface area contributed by atoms with Crippen LogP contribution in [0.4, 0.5) is 0 Å². The van der Waals surface area contributed by atoms with E-state index in [1.54, 1.807) is 0 Å². The maximum Gasteiger partial charge on any atom is 0.0349 e. The first-order valence-electron chi connectivity index (χ1n) is 5.56. The van der Waals surface area contributed by atoms with Gasteiger partial charge in [0.1, 0.15) is 0 Å². The second-order valence-electron chi connectivity index (χ2n) is 3.97. The molecule has 76 valence electrons. The Bertz CT molecular complexity index is 271. The number of pyridine rings is 1. The quantitative estimate of drug-likeness (QED) is 0.728. The molecule has 2 heterocycles. The van der Waals surface area contributed by atoms with Crippen LogP contribution in [0.25, 0.3) is 0 Å². The third-order valence-electron chi connectivity index (χ3n) is 2.97. The predicted molar refractivity (Wildman–Crippen MR) is 58.1 cm³/mol. The van der Waals surface area contributed by atoms with E-state index in [4.69, 9.17) is 0 Å². The first-order valence-corrected chi connectivity index (χ1v) is 5.56. The van der Waals surface area contributed by atoms with Crippen molar-refractivity contribution in [2.45, 2.75) is 32.2 Å². The lowest BCUT2D eigenvalue weighted by atomic mass is 10.1. The summed E-state index contributed by atoms with van der Waals surface area (Å²) >= 11 is 0. The molecular formula is C12H18N2. The number of hydrogen-bond acceptors (Lipinski definition) is 2. The smallest absolute Gasteiger partial charge is 0.0349 e. The minimum absolute atomic E-state index is 0.651. The van der Waals surface area contributed by atoms with Crippen molar-refractivity contribution in [2.24, 2.45) is 0 Å². The second-order valence-corrected chi connectivity index (χ2v) is 3.97. The highest BCUT2D eigenvalue weighted by atomic mass is 15.2. The highest BCUT2D eigenvalue weighted by Gasteiger charge is 2.24. The molecule has 1 aromatic rings. The number of rotatable bonds is 3. The molecule has 2 rings (SSSR count). The summed E-state index contributed by atoms with van der Waals surface area (Å²) in [5.41, 5.74) is 1.44. The Hall–Kier alpha value is -0.890. The van der Waals surface area contributed by atoms with Crippen molar-refractivity contribution < 1.29 is 0 Å². The Morgan fingerprint density at radius 3 is 2.93 bits per heavy atom. The van der Waals surface area contributed by atoms with Crippen molar-refractivity contribution >= 4 is 0 Å². The fraction of sp³-hybridized carbons (Fsp3) is 0.583. The molecule has 2 nitrogen and oxygen atoms in total. The number of likely N-dealkylation sites (tertiary alicyclic amines) is 1. The molecule has 1 unspecified atom stereocenters. The van der Waals surface area contributed by atoms with Crippen molar-refractivity contribution in [1.29, 1.82) is 0 Å². The molecule has 0 saturated carbocycles. The Morgan fingerprint density at radius 1 is 1.43 bits per heavy atom. The molecule has 1 atom stereocenters. The van der Waals surface area contributed by atoms with Crippen LogP contribution in [0.1, 0.15) is 37.8 Å². The second kappa shape index (κ2) is 4.56. The molecule has 0 aromatic carbocycles. The van der Waals surface area contributed by atoms with E-state index in [1.807, 2.05) is 12.4 Å². The van der Waals surface area contributed by atoms with E-state index in [1.165, 1.54) is 37.9 Å². The molecule has 0 N–H and O–H groups in total. The standard InChI is InChI=1S/C12H18N2/c1-2-9-14-10-3-4-12(14)11-5-7-13-8-6-11/h5-8,12H,2-4,9-10H2,1H3. The van der Waals surface area contributed by atoms with Crippen LogP contribution in [0, 0.1) is 0 Å². The third kappa shape index (κ3) is 1.95. The van der Waals surface area contributed by atoms with Crippen LogP contribution < -0.4 is 0 Å². The molecule has 0 aliphatic carbocycles. The fourth-order valence-corrected chi connectivity index (χ4v) is 2.34. The number of hydrogen-bond donors (Lipinski definition) is 0. The zero-order chi connectivity index (χ0) is 9.80. The summed E-state index contributed by atoms with van der Waals surface area (Å²) in [6.45, 7) is 4.75. The average Bonchev–Trinajstić information content (AvgIpc) is 2.68. The van der Waals surface area contributed by atoms with Gasteiger partial charge in [-0.05, 0) is 50.0 Å². The third-order valence-corrected chi connectivity index (χ3v) is 2.97. The fourth-order valence-electron chi connectivity index (χ4n) is 2.34. The van der Waals surface area contributed by atoms with Gasteiger partial charge in [0.15, 0.2) is 0 Å². The van der Waals surface area contributed by atoms with Crippen molar-refractivity contribution in [3.05, 3.63) is 30.1 Å². The van der Waals surface area contributed by atoms with Gasteiger partial charge in [-0.15, -0.1) is 0 Å². The molecule has 1 aliphatic heterocycles. The van der Waals surface area contributed by atoms with Crippen molar-refractivity contribution in [3.8, 4) is 0 Å². The monoisotopic (exact) mass is 190 g/mol. The molecule has 2 heteroatoms. The molecule has 1 saturated heterocycles. The lowest BCUT2D eigenvalue weighted by molar-refractivity contribution is 0.258. The SMILES string of the molecule is CCCN1CCCC1c1ccncc1. The van der Waals surface area contributed by atoms with Crippen LogP contribution >= 0.6 is 0 Å². The van der Waals surface area contributed by atoms with Crippen LogP contribution in [-0.2, 0) is 0 Å². The molecule has 0 radical (unpaired) electrons. The average molecular weight is 190 g/mol. The zero-order valence-corrected chi connectivity index (χ0v) is 8.82. The van der Waals surface area contributed by atoms with Gasteiger partial charge in [0.05, 0.1) is 0 Å². The first kappa shape index (κ1) is 9.66. The van der Waals surface area contributed by atoms with Crippen molar-refractivity contribution in [1.82, 2.24) is 9.88 Å². The molecule has 1 fully saturated rings. The van der Waals surface area contributed by atoms with Gasteiger partial charge >= 0.3 is 0 Å². The van der Waals surface area contributed by atoms with Crippen LogP contribution in [0.2, 0.25) is 0 Å². The van der Waals surface area contributed by atoms with Gasteiger partial charge < -0.3 is 0 Å². The summed E-state index contributed by atoms with van der Waals surface area (Å²) in [5, 5.41) is 0. The highest BCUT2D eigenvalue weighted by molar-refractivity contribution is 5.16. The lowest BCUT2D eigenvalue weighted by Crippen LogP contribution is -2.23. The molecule has 0 bridgehead atoms. The van der Waals surface area contributed by atoms with Crippen LogP contribution in [0.15, 0.2) is 24.5 Å². The Balaban J connectivity index is 2.10. The summed E-state index contributed by atoms with van der Waals surface area (Å²) in [6, 6.07) is 4.95. The molecule has 0 amide bonds. The predicted octanol–water partition coefficient (Wildman–Crippen LogP) is 2.63. The Kier molecular flexibility index (Phi) is 3.14. The summed E-state index contributed by atoms with van der Waals surface area (Å²) in [6.07, 6.45) is 7.70. The van der Waals surface area contributed by atoms with E-state index in [-0.39, 0.29) is 0 Å². The molecule has 0 spiro atoms. The van der Waals surface area contributed by atoms with E-state index in [2.05, 4.69) is 28.9 Å². The van der Waals surface area contributed by atoms with Gasteiger partial charge in [0, 0.05) is 18.4 Å².